The molecule has 0 fully saturated rings. The molecule has 0 unspecified atom stereocenters. The minimum Gasteiger partial charge on any atom is -0.351 e. The van der Waals surface area contributed by atoms with Crippen LogP contribution in [0.1, 0.15) is 48.1 Å². The van der Waals surface area contributed by atoms with Crippen LogP contribution in [0.5, 0.6) is 0 Å². The lowest BCUT2D eigenvalue weighted by atomic mass is 9.87. The monoisotopic (exact) mass is 358 g/mol. The molecule has 0 atom stereocenters. The fraction of sp³-hybridized carbons (Fsp3) is 0.389. The van der Waals surface area contributed by atoms with E-state index < -0.39 is 0 Å². The van der Waals surface area contributed by atoms with E-state index in [1.807, 2.05) is 24.3 Å². The van der Waals surface area contributed by atoms with Crippen molar-refractivity contribution in [3.63, 3.8) is 0 Å². The summed E-state index contributed by atoms with van der Waals surface area (Å²) >= 11 is 1.21. The van der Waals surface area contributed by atoms with Gasteiger partial charge in [-0.05, 0) is 36.0 Å². The molecule has 1 aromatic heterocycles. The van der Waals surface area contributed by atoms with Gasteiger partial charge in [-0.15, -0.1) is 0 Å². The Morgan fingerprint density at radius 2 is 1.92 bits per heavy atom. The molecule has 7 heteroatoms. The van der Waals surface area contributed by atoms with Crippen molar-refractivity contribution in [1.82, 2.24) is 10.3 Å². The number of urea groups is 1. The van der Waals surface area contributed by atoms with E-state index in [0.717, 1.165) is 18.5 Å². The SMILES string of the molecule is CC(C)(C)c1ccc(NC(=O)Nc2nc3c(s2)C(=O)NCCC3)cc1. The van der Waals surface area contributed by atoms with Gasteiger partial charge in [-0.25, -0.2) is 9.78 Å². The van der Waals surface area contributed by atoms with Crippen LogP contribution in [0.4, 0.5) is 15.6 Å². The summed E-state index contributed by atoms with van der Waals surface area (Å²) in [6.45, 7) is 7.09. The second kappa shape index (κ2) is 6.84. The highest BCUT2D eigenvalue weighted by molar-refractivity contribution is 7.17. The maximum absolute atomic E-state index is 12.2. The zero-order chi connectivity index (χ0) is 18.0. The lowest BCUT2D eigenvalue weighted by molar-refractivity contribution is 0.0960. The van der Waals surface area contributed by atoms with Crippen LogP contribution in [0, 0.1) is 0 Å². The Labute approximate surface area is 151 Å². The largest absolute Gasteiger partial charge is 0.351 e. The Bertz CT molecular complexity index is 790. The summed E-state index contributed by atoms with van der Waals surface area (Å²) in [5, 5.41) is 8.76. The first kappa shape index (κ1) is 17.4. The molecule has 0 spiro atoms. The molecule has 2 heterocycles. The molecule has 25 heavy (non-hydrogen) atoms. The zero-order valence-electron chi connectivity index (χ0n) is 14.6. The molecular formula is C18H22N4O2S. The van der Waals surface area contributed by atoms with Gasteiger partial charge in [0.2, 0.25) is 0 Å². The number of aryl methyl sites for hydroxylation is 1. The Morgan fingerprint density at radius 3 is 2.60 bits per heavy atom. The number of aromatic nitrogens is 1. The number of hydrogen-bond donors (Lipinski definition) is 3. The van der Waals surface area contributed by atoms with Crippen molar-refractivity contribution in [1.29, 1.82) is 0 Å². The molecule has 0 saturated carbocycles. The van der Waals surface area contributed by atoms with Crippen molar-refractivity contribution in [2.45, 2.75) is 39.0 Å². The van der Waals surface area contributed by atoms with Gasteiger partial charge in [0.1, 0.15) is 4.88 Å². The molecule has 1 aromatic carbocycles. The van der Waals surface area contributed by atoms with Crippen molar-refractivity contribution in [3.05, 3.63) is 40.4 Å². The first-order valence-electron chi connectivity index (χ1n) is 8.29. The molecule has 2 aromatic rings. The van der Waals surface area contributed by atoms with Gasteiger partial charge in [0.05, 0.1) is 5.69 Å². The van der Waals surface area contributed by atoms with Crippen LogP contribution >= 0.6 is 11.3 Å². The average Bonchev–Trinajstić information content (AvgIpc) is 2.85. The number of benzene rings is 1. The Balaban J connectivity index is 1.65. The molecule has 0 bridgehead atoms. The maximum Gasteiger partial charge on any atom is 0.325 e. The van der Waals surface area contributed by atoms with Crippen LogP contribution in [-0.4, -0.2) is 23.5 Å². The fourth-order valence-corrected chi connectivity index (χ4v) is 3.53. The molecular weight excluding hydrogens is 336 g/mol. The van der Waals surface area contributed by atoms with E-state index in [2.05, 4.69) is 41.7 Å². The van der Waals surface area contributed by atoms with Gasteiger partial charge in [-0.2, -0.15) is 0 Å². The van der Waals surface area contributed by atoms with Crippen molar-refractivity contribution >= 4 is 34.1 Å². The van der Waals surface area contributed by atoms with E-state index in [1.54, 1.807) is 0 Å². The van der Waals surface area contributed by atoms with Gasteiger partial charge in [0, 0.05) is 12.2 Å². The number of amides is 3. The van der Waals surface area contributed by atoms with Gasteiger partial charge in [0.25, 0.3) is 5.91 Å². The highest BCUT2D eigenvalue weighted by Gasteiger charge is 2.21. The molecule has 6 nitrogen and oxygen atoms in total. The Hall–Kier alpha value is -2.41. The third kappa shape index (κ3) is 4.17. The van der Waals surface area contributed by atoms with Crippen LogP contribution < -0.4 is 16.0 Å². The van der Waals surface area contributed by atoms with E-state index in [-0.39, 0.29) is 17.4 Å². The predicted octanol–water partition coefficient (Wildman–Crippen LogP) is 3.76. The lowest BCUT2D eigenvalue weighted by Crippen LogP contribution is -2.21. The number of carbonyl (C=O) groups is 2. The van der Waals surface area contributed by atoms with Crippen molar-refractivity contribution in [2.24, 2.45) is 0 Å². The van der Waals surface area contributed by atoms with Gasteiger partial charge in [-0.1, -0.05) is 44.2 Å². The molecule has 3 N–H and O–H groups in total. The summed E-state index contributed by atoms with van der Waals surface area (Å²) in [7, 11) is 0. The summed E-state index contributed by atoms with van der Waals surface area (Å²) in [5.74, 6) is -0.115. The van der Waals surface area contributed by atoms with Crippen molar-refractivity contribution in [2.75, 3.05) is 17.2 Å². The van der Waals surface area contributed by atoms with Gasteiger partial charge >= 0.3 is 6.03 Å². The smallest absolute Gasteiger partial charge is 0.325 e. The first-order chi connectivity index (χ1) is 11.8. The van der Waals surface area contributed by atoms with Crippen molar-refractivity contribution < 1.29 is 9.59 Å². The van der Waals surface area contributed by atoms with Gasteiger partial charge in [0.15, 0.2) is 5.13 Å². The quantitative estimate of drug-likeness (QED) is 0.764. The number of rotatable bonds is 2. The first-order valence-corrected chi connectivity index (χ1v) is 9.11. The Kier molecular flexibility index (Phi) is 4.76. The number of thiazole rings is 1. The number of carbonyl (C=O) groups excluding carboxylic acids is 2. The minimum absolute atomic E-state index is 0.0695. The fourth-order valence-electron chi connectivity index (χ4n) is 2.60. The maximum atomic E-state index is 12.2. The summed E-state index contributed by atoms with van der Waals surface area (Å²) in [6, 6.07) is 7.40. The summed E-state index contributed by atoms with van der Waals surface area (Å²) in [6.07, 6.45) is 1.59. The third-order valence-corrected chi connectivity index (χ3v) is 5.02. The standard InChI is InChI=1S/C18H22N4O2S/c1-18(2,3)11-6-8-12(9-7-11)20-16(24)22-17-21-13-5-4-10-19-15(23)14(13)25-17/h6-9H,4-5,10H2,1-3H3,(H,19,23)(H2,20,21,22,24). The van der Waals surface area contributed by atoms with Crippen molar-refractivity contribution in [3.8, 4) is 0 Å². The second-order valence-corrected chi connectivity index (χ2v) is 8.06. The molecule has 0 radical (unpaired) electrons. The second-order valence-electron chi connectivity index (χ2n) is 7.06. The van der Waals surface area contributed by atoms with Crippen LogP contribution in [0.2, 0.25) is 0 Å². The molecule has 1 aliphatic heterocycles. The number of fused-ring (bicyclic) bond motifs is 1. The zero-order valence-corrected chi connectivity index (χ0v) is 15.4. The molecule has 3 rings (SSSR count). The number of anilines is 2. The summed E-state index contributed by atoms with van der Waals surface area (Å²) in [4.78, 5) is 29.1. The number of hydrogen-bond acceptors (Lipinski definition) is 4. The van der Waals surface area contributed by atoms with E-state index >= 15 is 0 Å². The normalized spacial score (nSPS) is 14.3. The van der Waals surface area contributed by atoms with Crippen LogP contribution in [-0.2, 0) is 11.8 Å². The third-order valence-electron chi connectivity index (χ3n) is 4.01. The molecule has 132 valence electrons. The van der Waals surface area contributed by atoms with Crippen LogP contribution in [0.15, 0.2) is 24.3 Å². The Morgan fingerprint density at radius 1 is 1.20 bits per heavy atom. The molecule has 3 amide bonds. The van der Waals surface area contributed by atoms with E-state index in [9.17, 15) is 9.59 Å². The van der Waals surface area contributed by atoms with E-state index in [4.69, 9.17) is 0 Å². The topological polar surface area (TPSA) is 83.1 Å². The predicted molar refractivity (Wildman–Crippen MR) is 101 cm³/mol. The van der Waals surface area contributed by atoms with Crippen LogP contribution in [0.3, 0.4) is 0 Å². The average molecular weight is 358 g/mol. The molecule has 0 saturated heterocycles. The lowest BCUT2D eigenvalue weighted by Gasteiger charge is -2.19. The van der Waals surface area contributed by atoms with Crippen LogP contribution in [0.25, 0.3) is 0 Å². The highest BCUT2D eigenvalue weighted by Crippen LogP contribution is 2.26. The summed E-state index contributed by atoms with van der Waals surface area (Å²) < 4.78 is 0. The molecule has 1 aliphatic rings. The molecule has 0 aliphatic carbocycles. The summed E-state index contributed by atoms with van der Waals surface area (Å²) in [5.41, 5.74) is 2.74. The van der Waals surface area contributed by atoms with E-state index in [1.165, 1.54) is 16.9 Å². The van der Waals surface area contributed by atoms with Gasteiger partial charge < -0.3 is 10.6 Å². The van der Waals surface area contributed by atoms with E-state index in [0.29, 0.717) is 22.2 Å². The van der Waals surface area contributed by atoms with Gasteiger partial charge in [-0.3, -0.25) is 10.1 Å². The minimum atomic E-state index is -0.368. The number of nitrogens with one attached hydrogen (secondary N) is 3. The number of nitrogens with zero attached hydrogens (tertiary/aromatic N) is 1. The highest BCUT2D eigenvalue weighted by atomic mass is 32.1.